The summed E-state index contributed by atoms with van der Waals surface area (Å²) < 4.78 is 27.9. The van der Waals surface area contributed by atoms with Crippen LogP contribution in [0, 0.1) is 5.92 Å². The predicted octanol–water partition coefficient (Wildman–Crippen LogP) is 4.25. The third-order valence-electron chi connectivity index (χ3n) is 4.52. The Hall–Kier alpha value is -1.45. The van der Waals surface area contributed by atoms with Gasteiger partial charge in [0.2, 0.25) is 0 Å². The fourth-order valence-electron chi connectivity index (χ4n) is 2.86. The van der Waals surface area contributed by atoms with Crippen molar-refractivity contribution in [3.8, 4) is 0 Å². The number of likely N-dealkylation sites (tertiary alicyclic amines) is 1. The molecule has 22 heavy (non-hydrogen) atoms. The van der Waals surface area contributed by atoms with Crippen molar-refractivity contribution < 1.29 is 8.78 Å². The maximum Gasteiger partial charge on any atom is 0.159 e. The Morgan fingerprint density at radius 3 is 2.73 bits per heavy atom. The summed E-state index contributed by atoms with van der Waals surface area (Å²) in [7, 11) is 1.82. The first-order chi connectivity index (χ1) is 10.5. The molecule has 1 saturated carbocycles. The minimum Gasteiger partial charge on any atom is -0.354 e. The van der Waals surface area contributed by atoms with Gasteiger partial charge in [-0.25, -0.2) is 8.78 Å². The van der Waals surface area contributed by atoms with Crippen LogP contribution in [0.15, 0.2) is 41.4 Å². The normalized spacial score (nSPS) is 29.0. The van der Waals surface area contributed by atoms with Gasteiger partial charge in [0.25, 0.3) is 0 Å². The number of hydrogen-bond acceptors (Lipinski definition) is 1. The van der Waals surface area contributed by atoms with Crippen LogP contribution in [-0.2, 0) is 0 Å². The fourth-order valence-corrected chi connectivity index (χ4v) is 2.86. The van der Waals surface area contributed by atoms with Gasteiger partial charge in [0.1, 0.15) is 12.0 Å². The van der Waals surface area contributed by atoms with Crippen LogP contribution < -0.4 is 0 Å². The van der Waals surface area contributed by atoms with E-state index < -0.39 is 12.3 Å². The molecule has 4 heteroatoms. The summed E-state index contributed by atoms with van der Waals surface area (Å²) in [5.41, 5.74) is 1.83. The Labute approximate surface area is 132 Å². The van der Waals surface area contributed by atoms with Gasteiger partial charge in [-0.3, -0.25) is 4.99 Å². The standard InChI is InChI=1S/C18H26F2N2/c1-5-13(9-15(19)6-2)17-10-16(20)18(22(17)4)21-11-12(3)14-7-8-14/h5,9,14-17H,1,3,6-8,10-11H2,2,4H3/b13-9+,21-18?. The molecule has 122 valence electrons. The number of likely N-dealkylation sites (N-methyl/N-ethyl adjacent to an activating group) is 1. The Morgan fingerprint density at radius 2 is 2.18 bits per heavy atom. The molecular formula is C18H26F2N2. The van der Waals surface area contributed by atoms with Gasteiger partial charge >= 0.3 is 0 Å². The van der Waals surface area contributed by atoms with Crippen LogP contribution in [0.25, 0.3) is 0 Å². The van der Waals surface area contributed by atoms with Gasteiger partial charge < -0.3 is 4.90 Å². The topological polar surface area (TPSA) is 15.6 Å². The molecule has 2 nitrogen and oxygen atoms in total. The van der Waals surface area contributed by atoms with Gasteiger partial charge in [-0.05, 0) is 36.8 Å². The zero-order valence-electron chi connectivity index (χ0n) is 13.6. The Morgan fingerprint density at radius 1 is 1.50 bits per heavy atom. The van der Waals surface area contributed by atoms with Gasteiger partial charge in [-0.1, -0.05) is 31.7 Å². The van der Waals surface area contributed by atoms with Crippen molar-refractivity contribution in [1.29, 1.82) is 0 Å². The number of halogens is 2. The summed E-state index contributed by atoms with van der Waals surface area (Å²) in [5, 5.41) is 0. The van der Waals surface area contributed by atoms with Crippen LogP contribution in [0.2, 0.25) is 0 Å². The molecule has 0 aromatic rings. The summed E-state index contributed by atoms with van der Waals surface area (Å²) in [6.45, 7) is 10.0. The van der Waals surface area contributed by atoms with Crippen molar-refractivity contribution in [2.24, 2.45) is 10.9 Å². The summed E-state index contributed by atoms with van der Waals surface area (Å²) >= 11 is 0. The van der Waals surface area contributed by atoms with E-state index in [1.54, 1.807) is 19.1 Å². The van der Waals surface area contributed by atoms with Crippen molar-refractivity contribution in [2.45, 2.75) is 51.0 Å². The van der Waals surface area contributed by atoms with E-state index >= 15 is 0 Å². The zero-order valence-corrected chi connectivity index (χ0v) is 13.6. The van der Waals surface area contributed by atoms with Crippen molar-refractivity contribution in [3.05, 3.63) is 36.5 Å². The second-order valence-electron chi connectivity index (χ2n) is 6.23. The van der Waals surface area contributed by atoms with Gasteiger partial charge in [-0.2, -0.15) is 0 Å². The number of rotatable bonds is 7. The van der Waals surface area contributed by atoms with Crippen LogP contribution in [0.4, 0.5) is 8.78 Å². The van der Waals surface area contributed by atoms with E-state index in [4.69, 9.17) is 0 Å². The van der Waals surface area contributed by atoms with Crippen molar-refractivity contribution >= 4 is 5.84 Å². The lowest BCUT2D eigenvalue weighted by Gasteiger charge is -2.23. The number of aliphatic imine (C=N–C) groups is 1. The maximum absolute atomic E-state index is 14.3. The van der Waals surface area contributed by atoms with E-state index in [1.165, 1.54) is 12.8 Å². The summed E-state index contributed by atoms with van der Waals surface area (Å²) in [4.78, 5) is 6.25. The number of nitrogens with zero attached hydrogens (tertiary/aromatic N) is 2. The van der Waals surface area contributed by atoms with Crippen molar-refractivity contribution in [3.63, 3.8) is 0 Å². The van der Waals surface area contributed by atoms with Gasteiger partial charge in [0.15, 0.2) is 6.17 Å². The number of allylic oxidation sites excluding steroid dienone is 1. The van der Waals surface area contributed by atoms with E-state index in [1.807, 2.05) is 11.9 Å². The third kappa shape index (κ3) is 3.84. The van der Waals surface area contributed by atoms with Gasteiger partial charge in [0, 0.05) is 13.5 Å². The van der Waals surface area contributed by atoms with E-state index in [0.29, 0.717) is 31.1 Å². The molecule has 0 spiro atoms. The first kappa shape index (κ1) is 16.9. The molecule has 1 heterocycles. The molecule has 1 aliphatic carbocycles. The second-order valence-corrected chi connectivity index (χ2v) is 6.23. The van der Waals surface area contributed by atoms with E-state index in [0.717, 1.165) is 11.1 Å². The van der Waals surface area contributed by atoms with E-state index in [9.17, 15) is 8.78 Å². The maximum atomic E-state index is 14.3. The molecule has 0 radical (unpaired) electrons. The molecular weight excluding hydrogens is 282 g/mol. The quantitative estimate of drug-likeness (QED) is 0.507. The highest BCUT2D eigenvalue weighted by molar-refractivity contribution is 5.89. The van der Waals surface area contributed by atoms with Crippen molar-refractivity contribution in [1.82, 2.24) is 4.90 Å². The molecule has 0 aromatic heterocycles. The van der Waals surface area contributed by atoms with Crippen LogP contribution in [-0.4, -0.2) is 42.7 Å². The van der Waals surface area contributed by atoms with E-state index in [2.05, 4.69) is 18.2 Å². The highest BCUT2D eigenvalue weighted by atomic mass is 19.1. The predicted molar refractivity (Wildman–Crippen MR) is 88.7 cm³/mol. The molecule has 2 fully saturated rings. The minimum atomic E-state index is -1.11. The second kappa shape index (κ2) is 7.21. The molecule has 0 bridgehead atoms. The first-order valence-corrected chi connectivity index (χ1v) is 8.05. The smallest absolute Gasteiger partial charge is 0.159 e. The third-order valence-corrected chi connectivity index (χ3v) is 4.52. The van der Waals surface area contributed by atoms with Crippen LogP contribution in [0.5, 0.6) is 0 Å². The molecule has 2 aliphatic rings. The summed E-state index contributed by atoms with van der Waals surface area (Å²) in [5.74, 6) is 1.02. The zero-order chi connectivity index (χ0) is 16.3. The highest BCUT2D eigenvalue weighted by Gasteiger charge is 2.37. The summed E-state index contributed by atoms with van der Waals surface area (Å²) in [6, 6.07) is -0.190. The largest absolute Gasteiger partial charge is 0.354 e. The molecule has 1 saturated heterocycles. The Balaban J connectivity index is 2.09. The van der Waals surface area contributed by atoms with Crippen LogP contribution in [0.3, 0.4) is 0 Å². The fraction of sp³-hybridized carbons (Fsp3) is 0.611. The molecule has 3 unspecified atom stereocenters. The molecule has 0 amide bonds. The number of alkyl halides is 2. The Kier molecular flexibility index (Phi) is 5.54. The molecule has 2 rings (SSSR count). The average molecular weight is 308 g/mol. The molecule has 3 atom stereocenters. The van der Waals surface area contributed by atoms with Crippen LogP contribution >= 0.6 is 0 Å². The van der Waals surface area contributed by atoms with Crippen molar-refractivity contribution in [2.75, 3.05) is 13.6 Å². The van der Waals surface area contributed by atoms with E-state index in [-0.39, 0.29) is 6.04 Å². The Bertz CT molecular complexity index is 491. The molecule has 0 aromatic carbocycles. The monoisotopic (exact) mass is 308 g/mol. The lowest BCUT2D eigenvalue weighted by atomic mass is 10.0. The van der Waals surface area contributed by atoms with Gasteiger partial charge in [-0.15, -0.1) is 0 Å². The lowest BCUT2D eigenvalue weighted by molar-refractivity contribution is 0.374. The number of amidine groups is 1. The minimum absolute atomic E-state index is 0.190. The van der Waals surface area contributed by atoms with Crippen LogP contribution in [0.1, 0.15) is 32.6 Å². The highest BCUT2D eigenvalue weighted by Crippen LogP contribution is 2.36. The molecule has 1 aliphatic heterocycles. The van der Waals surface area contributed by atoms with Gasteiger partial charge in [0.05, 0.1) is 12.6 Å². The summed E-state index contributed by atoms with van der Waals surface area (Å²) in [6.07, 6.45) is 4.13. The average Bonchev–Trinajstić information content (AvgIpc) is 3.30. The number of hydrogen-bond donors (Lipinski definition) is 0. The SMILES string of the molecule is C=C/C(=C\C(F)CC)C1CC(F)C(=NCC(=C)C2CC2)N1C. The first-order valence-electron chi connectivity index (χ1n) is 8.05. The molecule has 0 N–H and O–H groups in total. The lowest BCUT2D eigenvalue weighted by Crippen LogP contribution is -2.31.